The van der Waals surface area contributed by atoms with E-state index in [0.717, 1.165) is 25.7 Å². The Hall–Kier alpha value is -1.01. The molecule has 1 aliphatic heterocycles. The van der Waals surface area contributed by atoms with Crippen molar-refractivity contribution in [2.24, 2.45) is 0 Å². The van der Waals surface area contributed by atoms with Crippen molar-refractivity contribution in [2.45, 2.75) is 62.3 Å². The van der Waals surface area contributed by atoms with Gasteiger partial charge in [-0.15, -0.1) is 0 Å². The molecule has 0 aliphatic carbocycles. The highest BCUT2D eigenvalue weighted by Gasteiger charge is 2.47. The lowest BCUT2D eigenvalue weighted by atomic mass is 10.1. The second kappa shape index (κ2) is 12.7. The number of anilines is 1. The zero-order valence-corrected chi connectivity index (χ0v) is 23.3. The van der Waals surface area contributed by atoms with Crippen molar-refractivity contribution < 1.29 is 61.4 Å². The van der Waals surface area contributed by atoms with Crippen molar-refractivity contribution in [1.82, 2.24) is 19.5 Å². The maximum absolute atomic E-state index is 12.0. The first-order valence-corrected chi connectivity index (χ1v) is 16.6. The number of nitrogen functional groups attached to an aromatic ring is 1. The van der Waals surface area contributed by atoms with Crippen LogP contribution in [0.3, 0.4) is 0 Å². The number of fused-ring (bicyclic) bond motifs is 1. The van der Waals surface area contributed by atoms with Crippen LogP contribution in [0.2, 0.25) is 0 Å². The van der Waals surface area contributed by atoms with Gasteiger partial charge >= 0.3 is 23.5 Å². The van der Waals surface area contributed by atoms with E-state index in [-0.39, 0.29) is 17.0 Å². The Labute approximate surface area is 220 Å². The quantitative estimate of drug-likeness (QED) is 0.0879. The van der Waals surface area contributed by atoms with Gasteiger partial charge in [-0.2, -0.15) is 8.62 Å². The molecule has 1 saturated heterocycles. The zero-order valence-electron chi connectivity index (χ0n) is 19.8. The van der Waals surface area contributed by atoms with Crippen molar-refractivity contribution >= 4 is 52.2 Å². The molecule has 38 heavy (non-hydrogen) atoms. The second-order valence-electron chi connectivity index (χ2n) is 8.04. The molecule has 3 heterocycles. The molecular formula is C16H28N5O13P3S. The van der Waals surface area contributed by atoms with Crippen molar-refractivity contribution in [2.75, 3.05) is 18.1 Å². The molecule has 18 nitrogen and oxygen atoms in total. The van der Waals surface area contributed by atoms with Gasteiger partial charge in [0.15, 0.2) is 28.4 Å². The highest BCUT2D eigenvalue weighted by Crippen LogP contribution is 2.66. The fraction of sp³-hybridized carbons (Fsp3) is 0.688. The minimum atomic E-state index is -5.73. The van der Waals surface area contributed by atoms with Gasteiger partial charge in [0, 0.05) is 5.75 Å². The highest BCUT2D eigenvalue weighted by atomic mass is 32.2. The molecule has 0 amide bonds. The third-order valence-electron chi connectivity index (χ3n) is 5.11. The predicted octanol–water partition coefficient (Wildman–Crippen LogP) is 1.04. The van der Waals surface area contributed by atoms with Crippen molar-refractivity contribution in [3.8, 4) is 0 Å². The lowest BCUT2D eigenvalue weighted by Gasteiger charge is -2.19. The number of thioether (sulfide) groups is 1. The van der Waals surface area contributed by atoms with Crippen molar-refractivity contribution in [3.63, 3.8) is 0 Å². The van der Waals surface area contributed by atoms with Gasteiger partial charge in [-0.25, -0.2) is 28.6 Å². The molecule has 0 aromatic carbocycles. The van der Waals surface area contributed by atoms with Crippen LogP contribution in [0.1, 0.15) is 38.8 Å². The van der Waals surface area contributed by atoms with Gasteiger partial charge in [0.1, 0.15) is 24.6 Å². The van der Waals surface area contributed by atoms with E-state index in [9.17, 15) is 33.7 Å². The number of aliphatic hydroxyl groups excluding tert-OH is 2. The SMILES string of the molecule is CCCCCCSc1nc2c(N)ncnc2n1C1O[C@H](COP(=O)(O)OP(=O)(O)OP(=O)(O)O)[C@@H](O)[C@H]1O. The molecule has 3 rings (SSSR count). The Kier molecular flexibility index (Phi) is 10.5. The summed E-state index contributed by atoms with van der Waals surface area (Å²) in [5.74, 6) is 0.733. The molecule has 1 fully saturated rings. The Morgan fingerprint density at radius 3 is 2.42 bits per heavy atom. The van der Waals surface area contributed by atoms with Gasteiger partial charge in [0.2, 0.25) is 0 Å². The lowest BCUT2D eigenvalue weighted by molar-refractivity contribution is -0.0540. The number of hydrogen-bond donors (Lipinski definition) is 7. The molecule has 6 atom stereocenters. The average molecular weight is 623 g/mol. The number of imidazole rings is 1. The van der Waals surface area contributed by atoms with E-state index in [1.807, 2.05) is 0 Å². The van der Waals surface area contributed by atoms with E-state index in [1.165, 1.54) is 22.7 Å². The van der Waals surface area contributed by atoms with Crippen LogP contribution < -0.4 is 5.73 Å². The summed E-state index contributed by atoms with van der Waals surface area (Å²) in [6, 6.07) is 0. The molecule has 0 bridgehead atoms. The Morgan fingerprint density at radius 1 is 1.05 bits per heavy atom. The van der Waals surface area contributed by atoms with Crippen molar-refractivity contribution in [3.05, 3.63) is 6.33 Å². The van der Waals surface area contributed by atoms with E-state index in [2.05, 4.69) is 35.0 Å². The summed E-state index contributed by atoms with van der Waals surface area (Å²) < 4.78 is 53.2. The lowest BCUT2D eigenvalue weighted by Crippen LogP contribution is -2.33. The third kappa shape index (κ3) is 8.25. The number of phosphoric acid groups is 3. The normalized spacial score (nSPS) is 25.4. The molecule has 3 unspecified atom stereocenters. The summed E-state index contributed by atoms with van der Waals surface area (Å²) in [7, 11) is -16.8. The topological polar surface area (TPSA) is 279 Å². The monoisotopic (exact) mass is 623 g/mol. The summed E-state index contributed by atoms with van der Waals surface area (Å²) in [5, 5.41) is 21.6. The van der Waals surface area contributed by atoms with Crippen LogP contribution in [0.15, 0.2) is 11.5 Å². The molecular weight excluding hydrogens is 595 g/mol. The maximum Gasteiger partial charge on any atom is 0.490 e. The minimum absolute atomic E-state index is 0.0684. The number of nitrogens with zero attached hydrogens (tertiary/aromatic N) is 4. The fourth-order valence-electron chi connectivity index (χ4n) is 3.48. The maximum atomic E-state index is 12.0. The molecule has 1 aliphatic rings. The standard InChI is InChI=1S/C16H28N5O13P3S/c1-2-3-4-5-6-38-16-20-10-13(17)18-8-19-14(10)21(16)15-12(23)11(22)9(32-15)7-31-36(27,28)34-37(29,30)33-35(24,25)26/h8-9,11-12,15,22-23H,2-7H2,1H3,(H,27,28)(H,29,30)(H2,17,18,19)(H2,24,25,26)/t9-,11-,12-,15?/m1/s1. The van der Waals surface area contributed by atoms with Crippen LogP contribution in [-0.4, -0.2) is 80.0 Å². The van der Waals surface area contributed by atoms with Gasteiger partial charge < -0.3 is 40.3 Å². The number of rotatable bonds is 14. The average Bonchev–Trinajstić information content (AvgIpc) is 3.28. The molecule has 0 radical (unpaired) electrons. The van der Waals surface area contributed by atoms with Gasteiger partial charge in [-0.3, -0.25) is 9.09 Å². The van der Waals surface area contributed by atoms with E-state index >= 15 is 0 Å². The van der Waals surface area contributed by atoms with Crippen LogP contribution in [0.5, 0.6) is 0 Å². The van der Waals surface area contributed by atoms with Crippen LogP contribution in [0.25, 0.3) is 11.2 Å². The number of phosphoric ester groups is 1. The molecule has 216 valence electrons. The van der Waals surface area contributed by atoms with Gasteiger partial charge in [0.05, 0.1) is 6.61 Å². The first-order chi connectivity index (χ1) is 17.6. The Morgan fingerprint density at radius 2 is 1.76 bits per heavy atom. The summed E-state index contributed by atoms with van der Waals surface area (Å²) in [5.41, 5.74) is 6.34. The van der Waals surface area contributed by atoms with Gasteiger partial charge in [-0.05, 0) is 6.42 Å². The number of unbranched alkanes of at least 4 members (excludes halogenated alkanes) is 3. The summed E-state index contributed by atoms with van der Waals surface area (Å²) in [6.45, 7) is 1.13. The second-order valence-corrected chi connectivity index (χ2v) is 13.5. The minimum Gasteiger partial charge on any atom is -0.387 e. The van der Waals surface area contributed by atoms with Crippen molar-refractivity contribution in [1.29, 1.82) is 0 Å². The number of aliphatic hydroxyl groups is 2. The zero-order chi connectivity index (χ0) is 28.3. The predicted molar refractivity (Wildman–Crippen MR) is 130 cm³/mol. The van der Waals surface area contributed by atoms with Gasteiger partial charge in [-0.1, -0.05) is 37.9 Å². The van der Waals surface area contributed by atoms with E-state index in [4.69, 9.17) is 20.3 Å². The van der Waals surface area contributed by atoms with Crippen LogP contribution in [-0.2, 0) is 31.6 Å². The summed E-state index contributed by atoms with van der Waals surface area (Å²) in [4.78, 5) is 48.6. The first kappa shape index (κ1) is 31.5. The summed E-state index contributed by atoms with van der Waals surface area (Å²) >= 11 is 1.34. The number of aromatic nitrogens is 4. The van der Waals surface area contributed by atoms with E-state index in [0.29, 0.717) is 10.9 Å². The molecule has 8 N–H and O–H groups in total. The Bertz CT molecular complexity index is 1260. The van der Waals surface area contributed by atoms with Gasteiger partial charge in [0.25, 0.3) is 0 Å². The largest absolute Gasteiger partial charge is 0.490 e. The first-order valence-electron chi connectivity index (χ1n) is 11.1. The van der Waals surface area contributed by atoms with Crippen LogP contribution in [0, 0.1) is 0 Å². The highest BCUT2D eigenvalue weighted by molar-refractivity contribution is 7.99. The smallest absolute Gasteiger partial charge is 0.387 e. The number of hydrogen-bond acceptors (Lipinski definition) is 14. The fourth-order valence-corrected chi connectivity index (χ4v) is 7.53. The number of nitrogens with two attached hydrogens (primary N) is 1. The molecule has 2 aromatic rings. The van der Waals surface area contributed by atoms with Crippen LogP contribution >= 0.6 is 35.2 Å². The molecule has 22 heteroatoms. The molecule has 0 spiro atoms. The third-order valence-corrected chi connectivity index (χ3v) is 9.95. The van der Waals surface area contributed by atoms with E-state index in [1.54, 1.807) is 0 Å². The Balaban J connectivity index is 1.76. The van der Waals surface area contributed by atoms with Crippen LogP contribution in [0.4, 0.5) is 5.82 Å². The summed E-state index contributed by atoms with van der Waals surface area (Å²) in [6.07, 6.45) is -0.922. The number of ether oxygens (including phenoxy) is 1. The van der Waals surface area contributed by atoms with E-state index < -0.39 is 54.6 Å². The molecule has 0 saturated carbocycles. The molecule has 2 aromatic heterocycles.